The molecule has 2 atom stereocenters. The third kappa shape index (κ3) is 4.04. The average Bonchev–Trinajstić information content (AvgIpc) is 3.34. The summed E-state index contributed by atoms with van der Waals surface area (Å²) in [5.41, 5.74) is 1.05. The maximum atomic E-state index is 13.8. The fourth-order valence-electron chi connectivity index (χ4n) is 2.71. The molecule has 1 aliphatic rings. The average molecular weight is 346 g/mol. The number of aromatic nitrogens is 1. The second kappa shape index (κ2) is 7.04. The number of carbonyl (C=O) groups is 1. The molecule has 1 aliphatic carbocycles. The number of amides is 2. The Balaban J connectivity index is 1.51. The van der Waals surface area contributed by atoms with E-state index >= 15 is 0 Å². The molecule has 5 nitrogen and oxygen atoms in total. The van der Waals surface area contributed by atoms with E-state index in [0.29, 0.717) is 18.5 Å². The molecule has 2 amide bonds. The quantitative estimate of drug-likeness (QED) is 0.875. The molecular formula is C18H20F2N4O. The van der Waals surface area contributed by atoms with Crippen molar-refractivity contribution in [2.45, 2.75) is 24.9 Å². The van der Waals surface area contributed by atoms with E-state index in [2.05, 4.69) is 15.6 Å². The van der Waals surface area contributed by atoms with Gasteiger partial charge in [-0.3, -0.25) is 0 Å². The smallest absolute Gasteiger partial charge is 0.315 e. The van der Waals surface area contributed by atoms with Crippen LogP contribution in [0.25, 0.3) is 0 Å². The summed E-state index contributed by atoms with van der Waals surface area (Å²) in [6, 6.07) is 9.18. The van der Waals surface area contributed by atoms with Crippen LogP contribution < -0.4 is 15.5 Å². The first-order valence-electron chi connectivity index (χ1n) is 8.07. The first kappa shape index (κ1) is 17.1. The van der Waals surface area contributed by atoms with Crippen molar-refractivity contribution >= 4 is 11.8 Å². The highest BCUT2D eigenvalue weighted by molar-refractivity contribution is 5.74. The minimum absolute atomic E-state index is 0.183. The number of hydrogen-bond acceptors (Lipinski definition) is 3. The number of anilines is 1. The number of nitrogens with one attached hydrogen (secondary N) is 2. The topological polar surface area (TPSA) is 57.3 Å². The third-order valence-electron chi connectivity index (χ3n) is 4.17. The molecule has 132 valence electrons. The number of pyridine rings is 1. The van der Waals surface area contributed by atoms with Gasteiger partial charge in [0.1, 0.15) is 5.82 Å². The van der Waals surface area contributed by atoms with Crippen LogP contribution in [0.2, 0.25) is 0 Å². The predicted octanol–water partition coefficient (Wildman–Crippen LogP) is 2.78. The van der Waals surface area contributed by atoms with Crippen LogP contribution in [0.4, 0.5) is 19.4 Å². The van der Waals surface area contributed by atoms with E-state index in [0.717, 1.165) is 17.6 Å². The molecule has 3 rings (SSSR count). The van der Waals surface area contributed by atoms with Crippen molar-refractivity contribution in [2.75, 3.05) is 19.0 Å². The van der Waals surface area contributed by atoms with Crippen LogP contribution in [0.15, 0.2) is 36.4 Å². The number of halogens is 2. The van der Waals surface area contributed by atoms with Gasteiger partial charge in [-0.05, 0) is 30.2 Å². The number of benzene rings is 1. The van der Waals surface area contributed by atoms with E-state index in [1.807, 2.05) is 37.2 Å². The Bertz CT molecular complexity index is 781. The fourth-order valence-corrected chi connectivity index (χ4v) is 2.71. The van der Waals surface area contributed by atoms with E-state index in [-0.39, 0.29) is 18.0 Å². The summed E-state index contributed by atoms with van der Waals surface area (Å²) >= 11 is 0. The molecule has 2 N–H and O–H groups in total. The van der Waals surface area contributed by atoms with E-state index < -0.39 is 11.6 Å². The number of rotatable bonds is 5. The Hall–Kier alpha value is -2.70. The molecule has 2 aromatic rings. The zero-order valence-electron chi connectivity index (χ0n) is 14.1. The molecule has 7 heteroatoms. The molecule has 0 saturated heterocycles. The standard InChI is InChI=1S/C18H20F2N4O/c1-24(2)16-8-3-5-11(22-16)10-21-18(25)23-15-9-13(15)12-6-4-7-14(19)17(12)20/h3-8,13,15H,9-10H2,1-2H3,(H2,21,23,25)/t13-,15+/m0/s1. The van der Waals surface area contributed by atoms with E-state index in [9.17, 15) is 13.6 Å². The third-order valence-corrected chi connectivity index (χ3v) is 4.17. The van der Waals surface area contributed by atoms with Crippen LogP contribution in [0, 0.1) is 11.6 Å². The van der Waals surface area contributed by atoms with Crippen LogP contribution in [-0.4, -0.2) is 31.2 Å². The van der Waals surface area contributed by atoms with Gasteiger partial charge in [0, 0.05) is 26.1 Å². The predicted molar refractivity (Wildman–Crippen MR) is 91.4 cm³/mol. The first-order chi connectivity index (χ1) is 12.0. The highest BCUT2D eigenvalue weighted by atomic mass is 19.2. The summed E-state index contributed by atoms with van der Waals surface area (Å²) in [5, 5.41) is 5.51. The summed E-state index contributed by atoms with van der Waals surface area (Å²) in [6.45, 7) is 0.291. The summed E-state index contributed by atoms with van der Waals surface area (Å²) < 4.78 is 27.0. The van der Waals surface area contributed by atoms with Gasteiger partial charge in [0.2, 0.25) is 0 Å². The minimum atomic E-state index is -0.862. The summed E-state index contributed by atoms with van der Waals surface area (Å²) in [5.74, 6) is -1.07. The Morgan fingerprint density at radius 2 is 2.00 bits per heavy atom. The lowest BCUT2D eigenvalue weighted by Gasteiger charge is -2.13. The van der Waals surface area contributed by atoms with E-state index in [1.165, 1.54) is 6.07 Å². The zero-order valence-corrected chi connectivity index (χ0v) is 14.1. The monoisotopic (exact) mass is 346 g/mol. The van der Waals surface area contributed by atoms with Crippen molar-refractivity contribution in [3.63, 3.8) is 0 Å². The van der Waals surface area contributed by atoms with Gasteiger partial charge in [-0.2, -0.15) is 0 Å². The highest BCUT2D eigenvalue weighted by Gasteiger charge is 2.41. The number of nitrogens with zero attached hydrogens (tertiary/aromatic N) is 2. The fraction of sp³-hybridized carbons (Fsp3) is 0.333. The van der Waals surface area contributed by atoms with Crippen LogP contribution in [0.1, 0.15) is 23.6 Å². The molecule has 1 aromatic heterocycles. The Morgan fingerprint density at radius 1 is 1.24 bits per heavy atom. The van der Waals surface area contributed by atoms with Crippen LogP contribution in [0.3, 0.4) is 0 Å². The first-order valence-corrected chi connectivity index (χ1v) is 8.07. The van der Waals surface area contributed by atoms with Crippen LogP contribution in [0.5, 0.6) is 0 Å². The summed E-state index contributed by atoms with van der Waals surface area (Å²) in [4.78, 5) is 18.3. The van der Waals surface area contributed by atoms with Crippen molar-refractivity contribution in [2.24, 2.45) is 0 Å². The normalized spacial score (nSPS) is 18.6. The Morgan fingerprint density at radius 3 is 2.76 bits per heavy atom. The minimum Gasteiger partial charge on any atom is -0.363 e. The maximum absolute atomic E-state index is 13.8. The molecule has 0 unspecified atom stereocenters. The molecule has 1 aromatic carbocycles. The molecular weight excluding hydrogens is 326 g/mol. The van der Waals surface area contributed by atoms with Crippen molar-refractivity contribution in [1.29, 1.82) is 0 Å². The van der Waals surface area contributed by atoms with Crippen molar-refractivity contribution in [3.8, 4) is 0 Å². The second-order valence-corrected chi connectivity index (χ2v) is 6.30. The second-order valence-electron chi connectivity index (χ2n) is 6.30. The van der Waals surface area contributed by atoms with Crippen LogP contribution in [-0.2, 0) is 6.54 Å². The van der Waals surface area contributed by atoms with Gasteiger partial charge in [0.15, 0.2) is 11.6 Å². The van der Waals surface area contributed by atoms with Crippen LogP contribution >= 0.6 is 0 Å². The molecule has 25 heavy (non-hydrogen) atoms. The molecule has 0 radical (unpaired) electrons. The molecule has 0 aliphatic heterocycles. The van der Waals surface area contributed by atoms with Crippen molar-refractivity contribution in [1.82, 2.24) is 15.6 Å². The lowest BCUT2D eigenvalue weighted by Crippen LogP contribution is -2.37. The largest absolute Gasteiger partial charge is 0.363 e. The van der Waals surface area contributed by atoms with Gasteiger partial charge in [-0.15, -0.1) is 0 Å². The van der Waals surface area contributed by atoms with Gasteiger partial charge < -0.3 is 15.5 Å². The van der Waals surface area contributed by atoms with Gasteiger partial charge in [0.05, 0.1) is 12.2 Å². The number of hydrogen-bond donors (Lipinski definition) is 2. The number of carbonyl (C=O) groups excluding carboxylic acids is 1. The molecule has 0 bridgehead atoms. The molecule has 1 fully saturated rings. The molecule has 1 saturated carbocycles. The Labute approximate surface area is 145 Å². The van der Waals surface area contributed by atoms with Gasteiger partial charge in [0.25, 0.3) is 0 Å². The molecule has 0 spiro atoms. The van der Waals surface area contributed by atoms with Crippen molar-refractivity contribution < 1.29 is 13.6 Å². The van der Waals surface area contributed by atoms with E-state index in [1.54, 1.807) is 6.07 Å². The van der Waals surface area contributed by atoms with Gasteiger partial charge in [-0.25, -0.2) is 18.6 Å². The van der Waals surface area contributed by atoms with E-state index in [4.69, 9.17) is 0 Å². The lowest BCUT2D eigenvalue weighted by molar-refractivity contribution is 0.239. The van der Waals surface area contributed by atoms with Crippen molar-refractivity contribution in [3.05, 3.63) is 59.3 Å². The van der Waals surface area contributed by atoms with Gasteiger partial charge >= 0.3 is 6.03 Å². The van der Waals surface area contributed by atoms with Gasteiger partial charge in [-0.1, -0.05) is 18.2 Å². The lowest BCUT2D eigenvalue weighted by atomic mass is 10.1. The molecule has 1 heterocycles. The summed E-state index contributed by atoms with van der Waals surface area (Å²) in [7, 11) is 3.79. The Kier molecular flexibility index (Phi) is 4.83. The SMILES string of the molecule is CN(C)c1cccc(CNC(=O)N[C@@H]2C[C@H]2c2cccc(F)c2F)n1. The highest BCUT2D eigenvalue weighted by Crippen LogP contribution is 2.42. The maximum Gasteiger partial charge on any atom is 0.315 e. The number of urea groups is 1. The summed E-state index contributed by atoms with van der Waals surface area (Å²) in [6.07, 6.45) is 0.599. The zero-order chi connectivity index (χ0) is 18.0.